The van der Waals surface area contributed by atoms with Crippen LogP contribution in [0.15, 0.2) is 71.9 Å². The fraction of sp³-hybridized carbons (Fsp3) is 0.136. The van der Waals surface area contributed by atoms with Gasteiger partial charge in [-0.2, -0.15) is 0 Å². The lowest BCUT2D eigenvalue weighted by Gasteiger charge is -2.12. The average Bonchev–Trinajstić information content (AvgIpc) is 3.02. The van der Waals surface area contributed by atoms with E-state index in [0.717, 1.165) is 16.7 Å². The molecular weight excluding hydrogens is 326 g/mol. The van der Waals surface area contributed by atoms with Crippen molar-refractivity contribution in [2.45, 2.75) is 6.10 Å². The third kappa shape index (κ3) is 2.69. The predicted octanol–water partition coefficient (Wildman–Crippen LogP) is 4.82. The van der Waals surface area contributed by atoms with Gasteiger partial charge in [-0.3, -0.25) is 0 Å². The van der Waals surface area contributed by atoms with Crippen LogP contribution in [-0.2, 0) is 4.84 Å². The Morgan fingerprint density at radius 3 is 1.81 bits per heavy atom. The zero-order valence-corrected chi connectivity index (χ0v) is 14.7. The summed E-state index contributed by atoms with van der Waals surface area (Å²) in [6, 6.07) is 22.1. The molecule has 0 heterocycles. The topological polar surface area (TPSA) is 40.0 Å². The summed E-state index contributed by atoms with van der Waals surface area (Å²) in [7, 11) is 3.24. The standard InChI is InChI=1S/C22H19NO3/c1-24-20-12-7-13-21(25-2)19(20)14-23-26-22-17-10-5-3-8-15(17)16-9-4-6-11-18(16)22/h3-14,22H,1-2H3/b23-14+. The molecule has 0 N–H and O–H groups in total. The highest BCUT2D eigenvalue weighted by atomic mass is 16.6. The van der Waals surface area contributed by atoms with Gasteiger partial charge in [0.2, 0.25) is 0 Å². The first-order chi connectivity index (χ1) is 12.8. The molecule has 0 bridgehead atoms. The molecule has 0 saturated carbocycles. The monoisotopic (exact) mass is 345 g/mol. The zero-order valence-electron chi connectivity index (χ0n) is 14.7. The number of methoxy groups -OCH3 is 2. The van der Waals surface area contributed by atoms with Crippen LogP contribution in [0.5, 0.6) is 11.5 Å². The Labute approximate surface area is 152 Å². The Bertz CT molecular complexity index is 897. The highest BCUT2D eigenvalue weighted by Crippen LogP contribution is 2.45. The number of ether oxygens (including phenoxy) is 2. The van der Waals surface area contributed by atoms with E-state index in [0.29, 0.717) is 11.5 Å². The number of fused-ring (bicyclic) bond motifs is 3. The molecule has 0 aromatic heterocycles. The van der Waals surface area contributed by atoms with Gasteiger partial charge in [-0.25, -0.2) is 0 Å². The highest BCUT2D eigenvalue weighted by molar-refractivity contribution is 5.87. The average molecular weight is 345 g/mol. The quantitative estimate of drug-likeness (QED) is 0.491. The van der Waals surface area contributed by atoms with Crippen LogP contribution in [0.4, 0.5) is 0 Å². The van der Waals surface area contributed by atoms with E-state index in [1.165, 1.54) is 11.1 Å². The molecule has 0 aliphatic heterocycles. The van der Waals surface area contributed by atoms with Crippen molar-refractivity contribution in [3.63, 3.8) is 0 Å². The Balaban J connectivity index is 1.66. The molecule has 0 fully saturated rings. The van der Waals surface area contributed by atoms with Crippen LogP contribution in [-0.4, -0.2) is 20.4 Å². The summed E-state index contributed by atoms with van der Waals surface area (Å²) in [4.78, 5) is 5.92. The van der Waals surface area contributed by atoms with Gasteiger partial charge in [0.1, 0.15) is 11.5 Å². The Hall–Kier alpha value is -3.27. The third-order valence-electron chi connectivity index (χ3n) is 4.59. The van der Waals surface area contributed by atoms with Crippen molar-refractivity contribution < 1.29 is 14.3 Å². The van der Waals surface area contributed by atoms with E-state index in [4.69, 9.17) is 14.3 Å². The number of hydrogen-bond donors (Lipinski definition) is 0. The zero-order chi connectivity index (χ0) is 17.9. The third-order valence-corrected chi connectivity index (χ3v) is 4.59. The number of nitrogens with zero attached hydrogens (tertiary/aromatic N) is 1. The van der Waals surface area contributed by atoms with Gasteiger partial charge in [-0.05, 0) is 23.3 Å². The van der Waals surface area contributed by atoms with E-state index in [-0.39, 0.29) is 6.10 Å². The van der Waals surface area contributed by atoms with Crippen LogP contribution >= 0.6 is 0 Å². The van der Waals surface area contributed by atoms with E-state index in [2.05, 4.69) is 29.4 Å². The smallest absolute Gasteiger partial charge is 0.178 e. The highest BCUT2D eigenvalue weighted by Gasteiger charge is 2.29. The lowest BCUT2D eigenvalue weighted by molar-refractivity contribution is 0.0918. The molecular formula is C22H19NO3. The van der Waals surface area contributed by atoms with Gasteiger partial charge in [-0.1, -0.05) is 59.8 Å². The summed E-state index contributed by atoms with van der Waals surface area (Å²) in [5.41, 5.74) is 5.38. The van der Waals surface area contributed by atoms with Crippen LogP contribution in [0.1, 0.15) is 22.8 Å². The molecule has 1 aliphatic carbocycles. The molecule has 4 nitrogen and oxygen atoms in total. The molecule has 3 aromatic carbocycles. The van der Waals surface area contributed by atoms with E-state index in [9.17, 15) is 0 Å². The SMILES string of the molecule is COc1cccc(OC)c1/C=N/OC1c2ccccc2-c2ccccc21. The summed E-state index contributed by atoms with van der Waals surface area (Å²) >= 11 is 0. The second kappa shape index (κ2) is 6.92. The molecule has 26 heavy (non-hydrogen) atoms. The molecule has 0 unspecified atom stereocenters. The maximum Gasteiger partial charge on any atom is 0.178 e. The minimum atomic E-state index is -0.223. The number of oxime groups is 1. The fourth-order valence-corrected chi connectivity index (χ4v) is 3.37. The number of hydrogen-bond acceptors (Lipinski definition) is 4. The van der Waals surface area contributed by atoms with Crippen LogP contribution in [0.25, 0.3) is 11.1 Å². The Morgan fingerprint density at radius 1 is 0.731 bits per heavy atom. The minimum Gasteiger partial charge on any atom is -0.496 e. The van der Waals surface area contributed by atoms with E-state index in [1.807, 2.05) is 42.5 Å². The first-order valence-corrected chi connectivity index (χ1v) is 8.42. The van der Waals surface area contributed by atoms with Crippen LogP contribution < -0.4 is 9.47 Å². The van der Waals surface area contributed by atoms with E-state index >= 15 is 0 Å². The molecule has 0 spiro atoms. The van der Waals surface area contributed by atoms with Gasteiger partial charge in [0.15, 0.2) is 6.10 Å². The maximum atomic E-state index is 5.92. The summed E-state index contributed by atoms with van der Waals surface area (Å²) < 4.78 is 10.8. The second-order valence-electron chi connectivity index (χ2n) is 5.97. The van der Waals surface area contributed by atoms with Gasteiger partial charge in [0.05, 0.1) is 26.0 Å². The summed E-state index contributed by atoms with van der Waals surface area (Å²) in [6.45, 7) is 0. The van der Waals surface area contributed by atoms with Crippen molar-refractivity contribution in [2.24, 2.45) is 5.16 Å². The van der Waals surface area contributed by atoms with Crippen molar-refractivity contribution in [2.75, 3.05) is 14.2 Å². The van der Waals surface area contributed by atoms with Gasteiger partial charge in [0, 0.05) is 11.1 Å². The van der Waals surface area contributed by atoms with Crippen molar-refractivity contribution in [3.8, 4) is 22.6 Å². The molecule has 1 aliphatic rings. The number of benzene rings is 3. The van der Waals surface area contributed by atoms with Crippen LogP contribution in [0.2, 0.25) is 0 Å². The van der Waals surface area contributed by atoms with E-state index < -0.39 is 0 Å². The normalized spacial score (nSPS) is 12.7. The first-order valence-electron chi connectivity index (χ1n) is 8.42. The lowest BCUT2D eigenvalue weighted by Crippen LogP contribution is -2.00. The van der Waals surface area contributed by atoms with Gasteiger partial charge < -0.3 is 14.3 Å². The molecule has 4 heteroatoms. The molecule has 0 atom stereocenters. The Morgan fingerprint density at radius 2 is 1.27 bits per heavy atom. The molecule has 0 radical (unpaired) electrons. The second-order valence-corrected chi connectivity index (χ2v) is 5.97. The van der Waals surface area contributed by atoms with Crippen LogP contribution in [0, 0.1) is 0 Å². The fourth-order valence-electron chi connectivity index (χ4n) is 3.37. The first kappa shape index (κ1) is 16.2. The molecule has 0 saturated heterocycles. The molecule has 0 amide bonds. The van der Waals surface area contributed by atoms with E-state index in [1.54, 1.807) is 20.4 Å². The van der Waals surface area contributed by atoms with Gasteiger partial charge >= 0.3 is 0 Å². The van der Waals surface area contributed by atoms with Gasteiger partial charge in [-0.15, -0.1) is 0 Å². The summed E-state index contributed by atoms with van der Waals surface area (Å²) in [5, 5.41) is 4.25. The Kier molecular flexibility index (Phi) is 4.32. The molecule has 4 rings (SSSR count). The van der Waals surface area contributed by atoms with Crippen molar-refractivity contribution in [1.29, 1.82) is 0 Å². The minimum absolute atomic E-state index is 0.223. The summed E-state index contributed by atoms with van der Waals surface area (Å²) in [5.74, 6) is 1.37. The molecule has 130 valence electrons. The lowest BCUT2D eigenvalue weighted by atomic mass is 10.1. The van der Waals surface area contributed by atoms with Crippen molar-refractivity contribution in [3.05, 3.63) is 83.4 Å². The number of rotatable bonds is 5. The van der Waals surface area contributed by atoms with Crippen molar-refractivity contribution >= 4 is 6.21 Å². The van der Waals surface area contributed by atoms with Crippen molar-refractivity contribution in [1.82, 2.24) is 0 Å². The van der Waals surface area contributed by atoms with Gasteiger partial charge in [0.25, 0.3) is 0 Å². The summed E-state index contributed by atoms with van der Waals surface area (Å²) in [6.07, 6.45) is 1.42. The van der Waals surface area contributed by atoms with Crippen LogP contribution in [0.3, 0.4) is 0 Å². The predicted molar refractivity (Wildman–Crippen MR) is 102 cm³/mol. The maximum absolute atomic E-state index is 5.92. The largest absolute Gasteiger partial charge is 0.496 e. The molecule has 3 aromatic rings.